The summed E-state index contributed by atoms with van der Waals surface area (Å²) in [6.07, 6.45) is 11.5. The maximum absolute atomic E-state index is 5.57. The number of nitrogens with one attached hydrogen (secondary N) is 1. The van der Waals surface area contributed by atoms with Crippen LogP contribution < -0.4 is 5.32 Å². The van der Waals surface area contributed by atoms with Crippen molar-refractivity contribution in [3.8, 4) is 0 Å². The molecule has 0 aromatic carbocycles. The Balaban J connectivity index is 2.50. The summed E-state index contributed by atoms with van der Waals surface area (Å²) >= 11 is 0. The van der Waals surface area contributed by atoms with Gasteiger partial charge in [-0.1, -0.05) is 40.0 Å². The Hall–Kier alpha value is -0.0800. The molecule has 1 aliphatic rings. The zero-order chi connectivity index (χ0) is 15.7. The summed E-state index contributed by atoms with van der Waals surface area (Å²) < 4.78 is 5.57. The van der Waals surface area contributed by atoms with Crippen LogP contribution in [0, 0.1) is 17.3 Å². The van der Waals surface area contributed by atoms with Crippen LogP contribution in [0.2, 0.25) is 0 Å². The lowest BCUT2D eigenvalue weighted by Crippen LogP contribution is -2.41. The minimum atomic E-state index is 0.387. The van der Waals surface area contributed by atoms with E-state index < -0.39 is 0 Å². The average Bonchev–Trinajstić information content (AvgIpc) is 2.46. The van der Waals surface area contributed by atoms with Gasteiger partial charge in [-0.2, -0.15) is 0 Å². The van der Waals surface area contributed by atoms with Gasteiger partial charge in [0.15, 0.2) is 0 Å². The number of ether oxygens (including phenoxy) is 1. The van der Waals surface area contributed by atoms with Crippen molar-refractivity contribution in [1.29, 1.82) is 0 Å². The minimum absolute atomic E-state index is 0.387. The van der Waals surface area contributed by atoms with Crippen LogP contribution in [-0.4, -0.2) is 26.3 Å². The topological polar surface area (TPSA) is 21.3 Å². The predicted octanol–water partition coefficient (Wildman–Crippen LogP) is 5.02. The molecule has 1 fully saturated rings. The summed E-state index contributed by atoms with van der Waals surface area (Å²) in [5.41, 5.74) is 0.479. The molecule has 0 aromatic heterocycles. The van der Waals surface area contributed by atoms with Gasteiger partial charge in [-0.15, -0.1) is 0 Å². The summed E-state index contributed by atoms with van der Waals surface area (Å²) in [5.74, 6) is 1.73. The maximum Gasteiger partial charge on any atom is 0.0549 e. The molecule has 2 heteroatoms. The number of methoxy groups -OCH3 is 1. The van der Waals surface area contributed by atoms with E-state index in [0.29, 0.717) is 11.5 Å². The average molecular weight is 298 g/mol. The SMILES string of the molecule is CCCCC1CCC(CNCC(C)C)(CC(C)OC)CC1. The van der Waals surface area contributed by atoms with Crippen molar-refractivity contribution in [3.05, 3.63) is 0 Å². The van der Waals surface area contributed by atoms with Gasteiger partial charge < -0.3 is 10.1 Å². The van der Waals surface area contributed by atoms with E-state index in [0.717, 1.165) is 18.4 Å². The van der Waals surface area contributed by atoms with Gasteiger partial charge in [-0.25, -0.2) is 0 Å². The lowest BCUT2D eigenvalue weighted by molar-refractivity contribution is 0.0349. The van der Waals surface area contributed by atoms with E-state index in [1.165, 1.54) is 57.9 Å². The number of unbranched alkanes of at least 4 members (excludes halogenated alkanes) is 1. The number of hydrogen-bond donors (Lipinski definition) is 1. The van der Waals surface area contributed by atoms with Gasteiger partial charge in [-0.3, -0.25) is 0 Å². The third-order valence-electron chi connectivity index (χ3n) is 5.31. The van der Waals surface area contributed by atoms with Crippen LogP contribution >= 0.6 is 0 Å². The monoisotopic (exact) mass is 297 g/mol. The zero-order valence-electron chi connectivity index (χ0n) is 15.2. The lowest BCUT2D eigenvalue weighted by atomic mass is 9.67. The Bertz CT molecular complexity index is 256. The number of rotatable bonds is 10. The van der Waals surface area contributed by atoms with E-state index in [1.807, 2.05) is 7.11 Å². The molecule has 1 saturated carbocycles. The molecule has 126 valence electrons. The Morgan fingerprint density at radius 3 is 2.38 bits per heavy atom. The van der Waals surface area contributed by atoms with Crippen molar-refractivity contribution in [3.63, 3.8) is 0 Å². The second-order valence-electron chi connectivity index (χ2n) is 7.86. The second kappa shape index (κ2) is 9.84. The zero-order valence-corrected chi connectivity index (χ0v) is 15.2. The molecule has 0 saturated heterocycles. The molecule has 0 spiro atoms. The molecule has 1 N–H and O–H groups in total. The predicted molar refractivity (Wildman–Crippen MR) is 92.7 cm³/mol. The largest absolute Gasteiger partial charge is 0.382 e. The van der Waals surface area contributed by atoms with Gasteiger partial charge in [0, 0.05) is 13.7 Å². The summed E-state index contributed by atoms with van der Waals surface area (Å²) in [7, 11) is 1.85. The Morgan fingerprint density at radius 2 is 1.86 bits per heavy atom. The van der Waals surface area contributed by atoms with Crippen LogP contribution in [0.3, 0.4) is 0 Å². The molecule has 2 nitrogen and oxygen atoms in total. The fourth-order valence-electron chi connectivity index (χ4n) is 3.84. The molecule has 0 aromatic rings. The molecular formula is C19H39NO. The van der Waals surface area contributed by atoms with Crippen LogP contribution in [0.15, 0.2) is 0 Å². The van der Waals surface area contributed by atoms with Gasteiger partial charge >= 0.3 is 0 Å². The highest BCUT2D eigenvalue weighted by molar-refractivity contribution is 4.89. The van der Waals surface area contributed by atoms with Crippen molar-refractivity contribution >= 4 is 0 Å². The Labute approximate surface area is 133 Å². The highest BCUT2D eigenvalue weighted by Gasteiger charge is 2.36. The van der Waals surface area contributed by atoms with Crippen LogP contribution in [0.25, 0.3) is 0 Å². The first-order valence-corrected chi connectivity index (χ1v) is 9.25. The molecule has 21 heavy (non-hydrogen) atoms. The minimum Gasteiger partial charge on any atom is -0.382 e. The highest BCUT2D eigenvalue weighted by atomic mass is 16.5. The molecule has 0 bridgehead atoms. The van der Waals surface area contributed by atoms with Gasteiger partial charge in [0.2, 0.25) is 0 Å². The highest BCUT2D eigenvalue weighted by Crippen LogP contribution is 2.43. The third kappa shape index (κ3) is 7.15. The normalized spacial score (nSPS) is 28.0. The van der Waals surface area contributed by atoms with Crippen LogP contribution in [0.4, 0.5) is 0 Å². The number of hydrogen-bond acceptors (Lipinski definition) is 2. The summed E-state index contributed by atoms with van der Waals surface area (Å²) in [6.45, 7) is 11.4. The molecule has 0 amide bonds. The molecule has 1 rings (SSSR count). The van der Waals surface area contributed by atoms with Crippen LogP contribution in [-0.2, 0) is 4.74 Å². The van der Waals surface area contributed by atoms with Crippen molar-refractivity contribution in [2.24, 2.45) is 17.3 Å². The van der Waals surface area contributed by atoms with E-state index in [9.17, 15) is 0 Å². The molecule has 0 heterocycles. The fraction of sp³-hybridized carbons (Fsp3) is 1.00. The molecule has 0 aliphatic heterocycles. The van der Waals surface area contributed by atoms with Gasteiger partial charge in [-0.05, 0) is 62.8 Å². The Morgan fingerprint density at radius 1 is 1.19 bits per heavy atom. The van der Waals surface area contributed by atoms with E-state index in [1.54, 1.807) is 0 Å². The fourth-order valence-corrected chi connectivity index (χ4v) is 3.84. The van der Waals surface area contributed by atoms with Gasteiger partial charge in [0.1, 0.15) is 0 Å². The van der Waals surface area contributed by atoms with Crippen molar-refractivity contribution in [1.82, 2.24) is 5.32 Å². The second-order valence-corrected chi connectivity index (χ2v) is 7.86. The first kappa shape index (κ1) is 19.0. The smallest absolute Gasteiger partial charge is 0.0549 e. The van der Waals surface area contributed by atoms with Crippen molar-refractivity contribution in [2.75, 3.05) is 20.2 Å². The quantitative estimate of drug-likeness (QED) is 0.611. The summed E-state index contributed by atoms with van der Waals surface area (Å²) in [6, 6.07) is 0. The van der Waals surface area contributed by atoms with E-state index in [2.05, 4.69) is 33.0 Å². The summed E-state index contributed by atoms with van der Waals surface area (Å²) in [4.78, 5) is 0. The third-order valence-corrected chi connectivity index (χ3v) is 5.31. The Kier molecular flexibility index (Phi) is 8.89. The molecule has 1 unspecified atom stereocenters. The molecule has 0 radical (unpaired) electrons. The standard InChI is InChI=1S/C19H39NO/c1-6-7-8-18-9-11-19(12-10-18,13-17(4)21-5)15-20-14-16(2)3/h16-18,20H,6-15H2,1-5H3. The van der Waals surface area contributed by atoms with E-state index >= 15 is 0 Å². The van der Waals surface area contributed by atoms with Crippen molar-refractivity contribution < 1.29 is 4.74 Å². The molecule has 1 aliphatic carbocycles. The van der Waals surface area contributed by atoms with Gasteiger partial charge in [0.05, 0.1) is 6.10 Å². The maximum atomic E-state index is 5.57. The molecular weight excluding hydrogens is 258 g/mol. The van der Waals surface area contributed by atoms with E-state index in [4.69, 9.17) is 4.74 Å². The first-order valence-electron chi connectivity index (χ1n) is 9.25. The van der Waals surface area contributed by atoms with Crippen LogP contribution in [0.1, 0.15) is 79.1 Å². The van der Waals surface area contributed by atoms with Crippen LogP contribution in [0.5, 0.6) is 0 Å². The summed E-state index contributed by atoms with van der Waals surface area (Å²) in [5, 5.41) is 3.73. The first-order chi connectivity index (χ1) is 10.0. The van der Waals surface area contributed by atoms with Crippen molar-refractivity contribution in [2.45, 2.75) is 85.2 Å². The van der Waals surface area contributed by atoms with Gasteiger partial charge in [0.25, 0.3) is 0 Å². The van der Waals surface area contributed by atoms with E-state index in [-0.39, 0.29) is 0 Å². The lowest BCUT2D eigenvalue weighted by Gasteiger charge is -2.42. The molecule has 1 atom stereocenters.